The van der Waals surface area contributed by atoms with Crippen LogP contribution in [0.2, 0.25) is 0 Å². The quantitative estimate of drug-likeness (QED) is 0.585. The standard InChI is InChI=1S/C23H36O9/c24-18-23-21-2-1-3-22(23)20-32-17-15-30-13-11-28-9-7-26-5-4-25-6-8-27-10-12-29-14-16-31-19-21/h1-3,18H,4-17,19-20H2. The Morgan fingerprint density at radius 2 is 0.750 bits per heavy atom. The molecule has 182 valence electrons. The third-order valence-electron chi connectivity index (χ3n) is 4.52. The van der Waals surface area contributed by atoms with Gasteiger partial charge in [0.05, 0.1) is 106 Å². The van der Waals surface area contributed by atoms with Gasteiger partial charge in [0.25, 0.3) is 0 Å². The molecule has 0 aliphatic carbocycles. The van der Waals surface area contributed by atoms with Crippen LogP contribution in [0.25, 0.3) is 0 Å². The molecule has 1 heterocycles. The fourth-order valence-corrected chi connectivity index (χ4v) is 2.87. The first-order valence-corrected chi connectivity index (χ1v) is 11.1. The maximum atomic E-state index is 11.6. The van der Waals surface area contributed by atoms with Crippen molar-refractivity contribution in [3.05, 3.63) is 34.9 Å². The minimum absolute atomic E-state index is 0.339. The minimum Gasteiger partial charge on any atom is -0.377 e. The summed E-state index contributed by atoms with van der Waals surface area (Å²) in [5.41, 5.74) is 2.27. The predicted molar refractivity (Wildman–Crippen MR) is 116 cm³/mol. The van der Waals surface area contributed by atoms with Crippen molar-refractivity contribution < 1.29 is 42.7 Å². The van der Waals surface area contributed by atoms with Gasteiger partial charge < -0.3 is 37.9 Å². The maximum absolute atomic E-state index is 11.6. The lowest BCUT2D eigenvalue weighted by molar-refractivity contribution is -0.0238. The van der Waals surface area contributed by atoms with Crippen molar-refractivity contribution in [2.75, 3.05) is 92.5 Å². The summed E-state index contributed by atoms with van der Waals surface area (Å²) in [5, 5.41) is 0. The number of hydrogen-bond acceptors (Lipinski definition) is 9. The van der Waals surface area contributed by atoms with E-state index in [4.69, 9.17) is 37.9 Å². The van der Waals surface area contributed by atoms with Gasteiger partial charge in [-0.05, 0) is 11.1 Å². The lowest BCUT2D eigenvalue weighted by Gasteiger charge is -2.12. The summed E-state index contributed by atoms with van der Waals surface area (Å²) in [4.78, 5) is 11.6. The lowest BCUT2D eigenvalue weighted by atomic mass is 10.0. The van der Waals surface area contributed by atoms with Crippen LogP contribution in [-0.2, 0) is 51.1 Å². The van der Waals surface area contributed by atoms with E-state index in [-0.39, 0.29) is 0 Å². The van der Waals surface area contributed by atoms with E-state index >= 15 is 0 Å². The van der Waals surface area contributed by atoms with Crippen LogP contribution in [0.5, 0.6) is 0 Å². The zero-order chi connectivity index (χ0) is 22.5. The van der Waals surface area contributed by atoms with Gasteiger partial charge in [0, 0.05) is 5.56 Å². The van der Waals surface area contributed by atoms with Crippen LogP contribution in [0, 0.1) is 0 Å². The molecule has 0 atom stereocenters. The summed E-state index contributed by atoms with van der Waals surface area (Å²) >= 11 is 0. The van der Waals surface area contributed by atoms with E-state index in [0.29, 0.717) is 111 Å². The van der Waals surface area contributed by atoms with Gasteiger partial charge in [-0.15, -0.1) is 0 Å². The molecule has 32 heavy (non-hydrogen) atoms. The van der Waals surface area contributed by atoms with Gasteiger partial charge in [-0.1, -0.05) is 18.2 Å². The second kappa shape index (κ2) is 19.1. The number of benzene rings is 1. The molecule has 0 radical (unpaired) electrons. The molecule has 1 aliphatic heterocycles. The second-order valence-electron chi connectivity index (χ2n) is 6.89. The van der Waals surface area contributed by atoms with Gasteiger partial charge in [0.1, 0.15) is 0 Å². The van der Waals surface area contributed by atoms with E-state index in [0.717, 1.165) is 17.4 Å². The van der Waals surface area contributed by atoms with Crippen LogP contribution in [0.1, 0.15) is 21.5 Å². The largest absolute Gasteiger partial charge is 0.377 e. The number of fused-ring (bicyclic) bond motifs is 2. The molecule has 2 rings (SSSR count). The van der Waals surface area contributed by atoms with Crippen LogP contribution in [0.4, 0.5) is 0 Å². The molecule has 9 heteroatoms. The highest BCUT2D eigenvalue weighted by molar-refractivity contribution is 5.79. The first kappa shape index (κ1) is 26.8. The third-order valence-corrected chi connectivity index (χ3v) is 4.52. The molecule has 0 spiro atoms. The highest BCUT2D eigenvalue weighted by atomic mass is 16.6. The average Bonchev–Trinajstić information content (AvgIpc) is 2.81. The number of carbonyl (C=O) groups is 1. The monoisotopic (exact) mass is 456 g/mol. The van der Waals surface area contributed by atoms with Gasteiger partial charge in [0.2, 0.25) is 0 Å². The van der Waals surface area contributed by atoms with Crippen molar-refractivity contribution in [3.8, 4) is 0 Å². The smallest absolute Gasteiger partial charge is 0.150 e. The van der Waals surface area contributed by atoms with Crippen LogP contribution in [0.3, 0.4) is 0 Å². The predicted octanol–water partition coefficient (Wildman–Crippen LogP) is 1.65. The molecule has 0 fully saturated rings. The topological polar surface area (TPSA) is 90.9 Å². The van der Waals surface area contributed by atoms with Crippen molar-refractivity contribution in [3.63, 3.8) is 0 Å². The number of hydrogen-bond donors (Lipinski definition) is 0. The van der Waals surface area contributed by atoms with Crippen molar-refractivity contribution in [2.24, 2.45) is 0 Å². The zero-order valence-corrected chi connectivity index (χ0v) is 18.8. The Hall–Kier alpha value is -1.43. The number of ether oxygens (including phenoxy) is 8. The van der Waals surface area contributed by atoms with Crippen molar-refractivity contribution in [2.45, 2.75) is 13.2 Å². The molecule has 9 nitrogen and oxygen atoms in total. The Bertz CT molecular complexity index is 553. The third kappa shape index (κ3) is 12.6. The molecule has 0 amide bonds. The highest BCUT2D eigenvalue weighted by Gasteiger charge is 2.08. The molecule has 1 aromatic rings. The normalized spacial score (nSPS) is 20.8. The summed E-state index contributed by atoms with van der Waals surface area (Å²) in [6.45, 7) is 7.54. The average molecular weight is 457 g/mol. The fourth-order valence-electron chi connectivity index (χ4n) is 2.87. The Morgan fingerprint density at radius 3 is 1.03 bits per heavy atom. The first-order chi connectivity index (χ1) is 15.9. The Labute approximate surface area is 190 Å². The second-order valence-corrected chi connectivity index (χ2v) is 6.89. The molecular formula is C23H36O9. The van der Waals surface area contributed by atoms with Crippen molar-refractivity contribution in [1.29, 1.82) is 0 Å². The first-order valence-electron chi connectivity index (χ1n) is 11.1. The molecule has 0 N–H and O–H groups in total. The minimum atomic E-state index is 0.339. The summed E-state index contributed by atoms with van der Waals surface area (Å²) < 4.78 is 44.1. The van der Waals surface area contributed by atoms with Gasteiger partial charge >= 0.3 is 0 Å². The Morgan fingerprint density at radius 1 is 0.469 bits per heavy atom. The summed E-state index contributed by atoms with van der Waals surface area (Å²) in [7, 11) is 0. The molecule has 0 saturated heterocycles. The molecule has 0 saturated carbocycles. The highest BCUT2D eigenvalue weighted by Crippen LogP contribution is 2.15. The Balaban J connectivity index is 1.73. The summed E-state index contributed by atoms with van der Waals surface area (Å²) in [6.07, 6.45) is 0.851. The van der Waals surface area contributed by atoms with Gasteiger partial charge in [-0.25, -0.2) is 0 Å². The molecule has 2 bridgehead atoms. The number of rotatable bonds is 1. The van der Waals surface area contributed by atoms with Crippen LogP contribution in [-0.4, -0.2) is 98.8 Å². The summed E-state index contributed by atoms with van der Waals surface area (Å²) in [5.74, 6) is 0. The molecule has 1 aromatic carbocycles. The van der Waals surface area contributed by atoms with Gasteiger partial charge in [0.15, 0.2) is 6.29 Å². The van der Waals surface area contributed by atoms with Gasteiger partial charge in [-0.3, -0.25) is 4.79 Å². The van der Waals surface area contributed by atoms with E-state index in [1.54, 1.807) is 0 Å². The number of carbonyl (C=O) groups excluding carboxylic acids is 1. The fraction of sp³-hybridized carbons (Fsp3) is 0.696. The molecule has 0 unspecified atom stereocenters. The molecule has 1 aliphatic rings. The van der Waals surface area contributed by atoms with E-state index in [2.05, 4.69) is 0 Å². The SMILES string of the molecule is O=Cc1c2cccc1COCCOCCOCCOCCOCCOCCOCCOC2. The molecular weight excluding hydrogens is 420 g/mol. The van der Waals surface area contributed by atoms with E-state index in [1.165, 1.54) is 0 Å². The lowest BCUT2D eigenvalue weighted by Crippen LogP contribution is -2.14. The van der Waals surface area contributed by atoms with Crippen LogP contribution < -0.4 is 0 Å². The van der Waals surface area contributed by atoms with Crippen molar-refractivity contribution in [1.82, 2.24) is 0 Å². The maximum Gasteiger partial charge on any atom is 0.150 e. The molecule has 0 aromatic heterocycles. The number of aldehydes is 1. The van der Waals surface area contributed by atoms with E-state index in [9.17, 15) is 4.79 Å². The van der Waals surface area contributed by atoms with Crippen molar-refractivity contribution >= 4 is 6.29 Å². The van der Waals surface area contributed by atoms with E-state index < -0.39 is 0 Å². The van der Waals surface area contributed by atoms with Gasteiger partial charge in [-0.2, -0.15) is 0 Å². The summed E-state index contributed by atoms with van der Waals surface area (Å²) in [6, 6.07) is 5.67. The van der Waals surface area contributed by atoms with E-state index in [1.807, 2.05) is 18.2 Å². The zero-order valence-electron chi connectivity index (χ0n) is 18.8. The van der Waals surface area contributed by atoms with Crippen LogP contribution in [0.15, 0.2) is 18.2 Å². The Kier molecular flexibility index (Phi) is 16.0. The van der Waals surface area contributed by atoms with Crippen LogP contribution >= 0.6 is 0 Å².